The summed E-state index contributed by atoms with van der Waals surface area (Å²) in [5, 5.41) is 10.3. The number of anilines is 3. The monoisotopic (exact) mass is 524 g/mol. The highest BCUT2D eigenvalue weighted by Gasteiger charge is 2.35. The topological polar surface area (TPSA) is 100 Å². The molecule has 0 unspecified atom stereocenters. The van der Waals surface area contributed by atoms with Gasteiger partial charge in [-0.3, -0.25) is 14.4 Å². The highest BCUT2D eigenvalue weighted by Crippen LogP contribution is 2.34. The van der Waals surface area contributed by atoms with Gasteiger partial charge in [0.15, 0.2) is 0 Å². The minimum absolute atomic E-state index is 0.0534. The third-order valence-corrected chi connectivity index (χ3v) is 6.57. The number of hydrogen-bond donors (Lipinski definition) is 2. The van der Waals surface area contributed by atoms with Gasteiger partial charge in [0.1, 0.15) is 11.4 Å². The van der Waals surface area contributed by atoms with Crippen molar-refractivity contribution in [2.45, 2.75) is 51.7 Å². The van der Waals surface area contributed by atoms with Crippen LogP contribution in [0.5, 0.6) is 0 Å². The number of hydrogen-bond acceptors (Lipinski definition) is 8. The smallest absolute Gasteiger partial charge is 0.379 e. The highest BCUT2D eigenvalue weighted by atomic mass is 19.4. The largest absolute Gasteiger partial charge is 0.421 e. The van der Waals surface area contributed by atoms with Crippen molar-refractivity contribution < 1.29 is 22.7 Å². The standard InChI is InChI=1S/C24H35F3N8O2/c1-18-20(17-35(32-18)11-5-8-33-12-14-37-15-13-33)30-23-29-16-19(24(25,26)27)22(31-23)28-7-4-10-34-9-3-2-6-21(34)36/h16-17H,2-15H2,1H3,(H2,28,29,30,31). The zero-order chi connectivity index (χ0) is 26.3. The fourth-order valence-electron chi connectivity index (χ4n) is 4.52. The Hall–Kier alpha value is -2.93. The number of alkyl halides is 3. The van der Waals surface area contributed by atoms with Gasteiger partial charge < -0.3 is 20.3 Å². The second kappa shape index (κ2) is 12.5. The second-order valence-electron chi connectivity index (χ2n) is 9.40. The van der Waals surface area contributed by atoms with E-state index >= 15 is 0 Å². The molecule has 2 aromatic heterocycles. The third-order valence-electron chi connectivity index (χ3n) is 6.57. The van der Waals surface area contributed by atoms with Crippen LogP contribution < -0.4 is 10.6 Å². The quantitative estimate of drug-likeness (QED) is 0.432. The summed E-state index contributed by atoms with van der Waals surface area (Å²) in [6.07, 6.45) is 1.85. The molecule has 37 heavy (non-hydrogen) atoms. The normalized spacial score (nSPS) is 17.3. The third kappa shape index (κ3) is 7.78. The summed E-state index contributed by atoms with van der Waals surface area (Å²) in [6.45, 7) is 8.35. The number of likely N-dealkylation sites (tertiary alicyclic amines) is 1. The fraction of sp³-hybridized carbons (Fsp3) is 0.667. The predicted octanol–water partition coefficient (Wildman–Crippen LogP) is 3.28. The van der Waals surface area contributed by atoms with Crippen LogP contribution in [0, 0.1) is 6.92 Å². The number of piperidine rings is 1. The SMILES string of the molecule is Cc1nn(CCCN2CCOCC2)cc1Nc1ncc(C(F)(F)F)c(NCCCN2CCCCC2=O)n1. The average Bonchev–Trinajstić information content (AvgIpc) is 3.21. The minimum atomic E-state index is -4.59. The van der Waals surface area contributed by atoms with Crippen LogP contribution in [0.1, 0.15) is 43.4 Å². The van der Waals surface area contributed by atoms with Gasteiger partial charge in [0.05, 0.1) is 24.6 Å². The molecule has 2 aromatic rings. The Morgan fingerprint density at radius 3 is 2.65 bits per heavy atom. The van der Waals surface area contributed by atoms with Crippen molar-refractivity contribution in [2.24, 2.45) is 0 Å². The lowest BCUT2D eigenvalue weighted by Gasteiger charge is -2.26. The van der Waals surface area contributed by atoms with Crippen molar-refractivity contribution in [3.8, 4) is 0 Å². The van der Waals surface area contributed by atoms with E-state index in [4.69, 9.17) is 4.74 Å². The summed E-state index contributed by atoms with van der Waals surface area (Å²) in [5.74, 6) is -0.129. The van der Waals surface area contributed by atoms with Gasteiger partial charge in [0, 0.05) is 64.6 Å². The van der Waals surface area contributed by atoms with E-state index in [1.54, 1.807) is 4.90 Å². The Morgan fingerprint density at radius 1 is 1.08 bits per heavy atom. The Kier molecular flexibility index (Phi) is 9.19. The number of aryl methyl sites for hydroxylation is 2. The number of rotatable bonds is 11. The zero-order valence-electron chi connectivity index (χ0n) is 21.2. The molecule has 2 aliphatic heterocycles. The van der Waals surface area contributed by atoms with Gasteiger partial charge in [-0.05, 0) is 32.6 Å². The molecule has 0 aromatic carbocycles. The maximum absolute atomic E-state index is 13.6. The van der Waals surface area contributed by atoms with Crippen molar-refractivity contribution in [3.05, 3.63) is 23.7 Å². The summed E-state index contributed by atoms with van der Waals surface area (Å²) in [5.41, 5.74) is 0.416. The Labute approximate surface area is 214 Å². The lowest BCUT2D eigenvalue weighted by Crippen LogP contribution is -2.37. The molecule has 1 amide bonds. The van der Waals surface area contributed by atoms with Crippen LogP contribution in [0.2, 0.25) is 0 Å². The van der Waals surface area contributed by atoms with E-state index in [1.807, 2.05) is 17.8 Å². The number of carbonyl (C=O) groups excluding carboxylic acids is 1. The van der Waals surface area contributed by atoms with E-state index in [0.717, 1.165) is 64.9 Å². The molecule has 10 nitrogen and oxygen atoms in total. The van der Waals surface area contributed by atoms with Crippen molar-refractivity contribution in [3.63, 3.8) is 0 Å². The van der Waals surface area contributed by atoms with E-state index in [-0.39, 0.29) is 24.2 Å². The summed E-state index contributed by atoms with van der Waals surface area (Å²) >= 11 is 0. The van der Waals surface area contributed by atoms with Crippen molar-refractivity contribution in [1.82, 2.24) is 29.5 Å². The van der Waals surface area contributed by atoms with Crippen LogP contribution in [0.3, 0.4) is 0 Å². The van der Waals surface area contributed by atoms with Crippen LogP contribution in [0.25, 0.3) is 0 Å². The van der Waals surface area contributed by atoms with Gasteiger partial charge >= 0.3 is 6.18 Å². The lowest BCUT2D eigenvalue weighted by atomic mass is 10.1. The van der Waals surface area contributed by atoms with Crippen molar-refractivity contribution in [1.29, 1.82) is 0 Å². The van der Waals surface area contributed by atoms with Gasteiger partial charge in [-0.2, -0.15) is 23.3 Å². The van der Waals surface area contributed by atoms with E-state index in [9.17, 15) is 18.0 Å². The minimum Gasteiger partial charge on any atom is -0.379 e. The van der Waals surface area contributed by atoms with Crippen LogP contribution in [-0.2, 0) is 22.3 Å². The highest BCUT2D eigenvalue weighted by molar-refractivity contribution is 5.76. The molecule has 2 aliphatic rings. The van der Waals surface area contributed by atoms with Crippen molar-refractivity contribution in [2.75, 3.05) is 63.1 Å². The first-order valence-electron chi connectivity index (χ1n) is 12.9. The molecular formula is C24H35F3N8O2. The first-order chi connectivity index (χ1) is 17.8. The molecule has 0 aliphatic carbocycles. The summed E-state index contributed by atoms with van der Waals surface area (Å²) < 4.78 is 47.9. The molecule has 0 spiro atoms. The first-order valence-corrected chi connectivity index (χ1v) is 12.9. The number of ether oxygens (including phenoxy) is 1. The molecule has 2 fully saturated rings. The average molecular weight is 525 g/mol. The zero-order valence-corrected chi connectivity index (χ0v) is 21.2. The molecule has 0 atom stereocenters. The maximum atomic E-state index is 13.6. The van der Waals surface area contributed by atoms with Gasteiger partial charge in [0.25, 0.3) is 0 Å². The molecule has 0 bridgehead atoms. The van der Waals surface area contributed by atoms with Gasteiger partial charge in [-0.25, -0.2) is 4.98 Å². The van der Waals surface area contributed by atoms with Gasteiger partial charge in [0.2, 0.25) is 11.9 Å². The number of carbonyl (C=O) groups is 1. The Bertz CT molecular complexity index is 1040. The molecule has 13 heteroatoms. The molecule has 2 saturated heterocycles. The number of aromatic nitrogens is 4. The lowest BCUT2D eigenvalue weighted by molar-refractivity contribution is -0.137. The first kappa shape index (κ1) is 27.1. The van der Waals surface area contributed by atoms with Crippen LogP contribution >= 0.6 is 0 Å². The molecule has 2 N–H and O–H groups in total. The molecule has 0 saturated carbocycles. The number of halogens is 3. The Balaban J connectivity index is 1.34. The summed E-state index contributed by atoms with van der Waals surface area (Å²) in [7, 11) is 0. The maximum Gasteiger partial charge on any atom is 0.421 e. The number of nitrogens with one attached hydrogen (secondary N) is 2. The van der Waals surface area contributed by atoms with E-state index < -0.39 is 11.7 Å². The second-order valence-corrected chi connectivity index (χ2v) is 9.40. The van der Waals surface area contributed by atoms with E-state index in [2.05, 4.69) is 30.6 Å². The molecule has 204 valence electrons. The summed E-state index contributed by atoms with van der Waals surface area (Å²) in [6, 6.07) is 0. The number of morpholine rings is 1. The van der Waals surface area contributed by atoms with Crippen LogP contribution in [0.4, 0.5) is 30.6 Å². The van der Waals surface area contributed by atoms with E-state index in [0.29, 0.717) is 37.3 Å². The van der Waals surface area contributed by atoms with Gasteiger partial charge in [-0.15, -0.1) is 0 Å². The van der Waals surface area contributed by atoms with E-state index in [1.165, 1.54) is 0 Å². The fourth-order valence-corrected chi connectivity index (χ4v) is 4.52. The van der Waals surface area contributed by atoms with Crippen LogP contribution in [-0.4, -0.2) is 87.9 Å². The Morgan fingerprint density at radius 2 is 1.89 bits per heavy atom. The van der Waals surface area contributed by atoms with Crippen molar-refractivity contribution >= 4 is 23.4 Å². The summed E-state index contributed by atoms with van der Waals surface area (Å²) in [4.78, 5) is 24.1. The molecule has 4 rings (SSSR count). The van der Waals surface area contributed by atoms with Gasteiger partial charge in [-0.1, -0.05) is 0 Å². The number of nitrogens with zero attached hydrogens (tertiary/aromatic N) is 6. The molecular weight excluding hydrogens is 489 g/mol. The van der Waals surface area contributed by atoms with Crippen LogP contribution in [0.15, 0.2) is 12.4 Å². The number of amides is 1. The molecule has 4 heterocycles. The predicted molar refractivity (Wildman–Crippen MR) is 133 cm³/mol. The molecule has 0 radical (unpaired) electrons.